The van der Waals surface area contributed by atoms with Crippen LogP contribution in [0.3, 0.4) is 0 Å². The van der Waals surface area contributed by atoms with Crippen LogP contribution < -0.4 is 22.0 Å². The van der Waals surface area contributed by atoms with Gasteiger partial charge in [0.2, 0.25) is 0 Å². The van der Waals surface area contributed by atoms with E-state index in [2.05, 4.69) is 16.0 Å². The Morgan fingerprint density at radius 2 is 1.63 bits per heavy atom. The van der Waals surface area contributed by atoms with Crippen molar-refractivity contribution in [2.75, 3.05) is 0 Å². The van der Waals surface area contributed by atoms with Crippen LogP contribution in [-0.4, -0.2) is 21.6 Å². The molecule has 27 heavy (non-hydrogen) atoms. The first-order valence-corrected chi connectivity index (χ1v) is 8.39. The van der Waals surface area contributed by atoms with Gasteiger partial charge in [-0.15, -0.1) is 0 Å². The van der Waals surface area contributed by atoms with E-state index in [9.17, 15) is 19.2 Å². The largest absolute Gasteiger partial charge is 0.273 e. The molecule has 1 heterocycles. The molecule has 0 unspecified atom stereocenters. The van der Waals surface area contributed by atoms with Crippen LogP contribution in [0.5, 0.6) is 0 Å². The summed E-state index contributed by atoms with van der Waals surface area (Å²) in [7, 11) is 0. The van der Waals surface area contributed by atoms with E-state index in [4.69, 9.17) is 0 Å². The fourth-order valence-corrected chi connectivity index (χ4v) is 2.63. The molecule has 2 amide bonds. The molecule has 3 rings (SSSR count). The second-order valence-electron chi connectivity index (χ2n) is 5.93. The average molecular weight is 366 g/mol. The number of aromatic amines is 1. The van der Waals surface area contributed by atoms with E-state index in [1.165, 1.54) is 12.1 Å². The van der Waals surface area contributed by atoms with Gasteiger partial charge in [-0.1, -0.05) is 31.2 Å². The number of benzene rings is 2. The highest BCUT2D eigenvalue weighted by molar-refractivity contribution is 5.95. The van der Waals surface area contributed by atoms with Gasteiger partial charge in [0.1, 0.15) is 6.54 Å². The minimum atomic E-state index is -0.651. The lowest BCUT2D eigenvalue weighted by molar-refractivity contribution is -0.122. The van der Waals surface area contributed by atoms with Crippen LogP contribution in [0.2, 0.25) is 0 Å². The number of carbonyl (C=O) groups excluding carboxylic acids is 2. The Hall–Kier alpha value is -3.68. The fourth-order valence-electron chi connectivity index (χ4n) is 2.63. The smallest absolute Gasteiger partial charge is 0.271 e. The Morgan fingerprint density at radius 1 is 0.963 bits per heavy atom. The van der Waals surface area contributed by atoms with Gasteiger partial charge >= 0.3 is 0 Å². The van der Waals surface area contributed by atoms with E-state index in [0.717, 1.165) is 16.7 Å². The maximum Gasteiger partial charge on any atom is 0.273 e. The Balaban J connectivity index is 1.68. The molecular weight excluding hydrogens is 348 g/mol. The highest BCUT2D eigenvalue weighted by atomic mass is 16.2. The van der Waals surface area contributed by atoms with Crippen LogP contribution in [0, 0.1) is 0 Å². The number of nitrogens with one attached hydrogen (secondary N) is 3. The summed E-state index contributed by atoms with van der Waals surface area (Å²) in [5.74, 6) is -1.13. The van der Waals surface area contributed by atoms with Gasteiger partial charge in [0, 0.05) is 5.56 Å². The van der Waals surface area contributed by atoms with Gasteiger partial charge in [-0.05, 0) is 36.2 Å². The summed E-state index contributed by atoms with van der Waals surface area (Å²) < 4.78 is 0.905. The van der Waals surface area contributed by atoms with Crippen molar-refractivity contribution in [2.24, 2.45) is 0 Å². The molecule has 8 heteroatoms. The monoisotopic (exact) mass is 366 g/mol. The third kappa shape index (κ3) is 3.95. The molecule has 1 aromatic heterocycles. The maximum atomic E-state index is 12.4. The summed E-state index contributed by atoms with van der Waals surface area (Å²) in [5, 5.41) is 2.83. The molecular formula is C19H18N4O4. The van der Waals surface area contributed by atoms with Crippen molar-refractivity contribution in [1.82, 2.24) is 20.6 Å². The number of hydrazine groups is 1. The molecule has 0 aliphatic heterocycles. The molecule has 2 aromatic carbocycles. The Bertz CT molecular complexity index is 1110. The van der Waals surface area contributed by atoms with E-state index < -0.39 is 29.5 Å². The van der Waals surface area contributed by atoms with Gasteiger partial charge in [0.15, 0.2) is 0 Å². The van der Waals surface area contributed by atoms with Crippen molar-refractivity contribution in [3.8, 4) is 0 Å². The number of hydrogen-bond donors (Lipinski definition) is 3. The van der Waals surface area contributed by atoms with Crippen LogP contribution in [-0.2, 0) is 17.8 Å². The van der Waals surface area contributed by atoms with E-state index in [0.29, 0.717) is 5.56 Å². The topological polar surface area (TPSA) is 113 Å². The summed E-state index contributed by atoms with van der Waals surface area (Å²) in [4.78, 5) is 48.5. The van der Waals surface area contributed by atoms with Crippen LogP contribution in [0.4, 0.5) is 0 Å². The van der Waals surface area contributed by atoms with E-state index in [1.807, 2.05) is 19.1 Å². The number of nitrogens with zero attached hydrogens (tertiary/aromatic N) is 1. The fraction of sp³-hybridized carbons (Fsp3) is 0.158. The molecule has 8 nitrogen and oxygen atoms in total. The molecule has 0 fully saturated rings. The van der Waals surface area contributed by atoms with Gasteiger partial charge in [0.25, 0.3) is 22.9 Å². The Labute approximate surface area is 153 Å². The van der Waals surface area contributed by atoms with Crippen LogP contribution >= 0.6 is 0 Å². The first-order valence-electron chi connectivity index (χ1n) is 8.39. The molecule has 0 aliphatic carbocycles. The molecule has 0 spiro atoms. The number of hydrogen-bond acceptors (Lipinski definition) is 4. The van der Waals surface area contributed by atoms with Crippen LogP contribution in [0.15, 0.2) is 58.1 Å². The van der Waals surface area contributed by atoms with Gasteiger partial charge < -0.3 is 0 Å². The molecule has 0 saturated carbocycles. The number of aryl methyl sites for hydroxylation is 1. The minimum Gasteiger partial charge on any atom is -0.271 e. The lowest BCUT2D eigenvalue weighted by atomic mass is 10.1. The Kier molecular flexibility index (Phi) is 5.16. The number of rotatable bonds is 4. The van der Waals surface area contributed by atoms with Gasteiger partial charge in [-0.2, -0.15) is 0 Å². The zero-order chi connectivity index (χ0) is 19.4. The molecule has 3 N–H and O–H groups in total. The van der Waals surface area contributed by atoms with Crippen LogP contribution in [0.25, 0.3) is 10.8 Å². The first-order chi connectivity index (χ1) is 13.0. The number of fused-ring (bicyclic) bond motifs is 1. The van der Waals surface area contributed by atoms with E-state index >= 15 is 0 Å². The molecule has 0 radical (unpaired) electrons. The van der Waals surface area contributed by atoms with Crippen molar-refractivity contribution >= 4 is 22.6 Å². The number of H-pyrrole nitrogens is 1. The summed E-state index contributed by atoms with van der Waals surface area (Å²) >= 11 is 0. The summed E-state index contributed by atoms with van der Waals surface area (Å²) in [6.45, 7) is 1.57. The van der Waals surface area contributed by atoms with Gasteiger partial charge in [-0.3, -0.25) is 35.1 Å². The van der Waals surface area contributed by atoms with E-state index in [-0.39, 0.29) is 10.8 Å². The summed E-state index contributed by atoms with van der Waals surface area (Å²) in [6.07, 6.45) is 0.858. The number of amides is 2. The lowest BCUT2D eigenvalue weighted by Gasteiger charge is -2.09. The number of carbonyl (C=O) groups is 2. The predicted octanol–water partition coefficient (Wildman–Crippen LogP) is 0.713. The van der Waals surface area contributed by atoms with Crippen molar-refractivity contribution in [2.45, 2.75) is 19.9 Å². The average Bonchev–Trinajstić information content (AvgIpc) is 2.70. The second-order valence-corrected chi connectivity index (χ2v) is 5.93. The third-order valence-corrected chi connectivity index (χ3v) is 4.13. The third-order valence-electron chi connectivity index (χ3n) is 4.13. The molecule has 3 aromatic rings. The van der Waals surface area contributed by atoms with Crippen molar-refractivity contribution in [3.05, 3.63) is 80.4 Å². The lowest BCUT2D eigenvalue weighted by Crippen LogP contribution is -2.45. The molecule has 0 saturated heterocycles. The Morgan fingerprint density at radius 3 is 2.30 bits per heavy atom. The molecule has 138 valence electrons. The van der Waals surface area contributed by atoms with Gasteiger partial charge in [0.05, 0.1) is 10.8 Å². The van der Waals surface area contributed by atoms with Crippen molar-refractivity contribution < 1.29 is 9.59 Å². The standard InChI is InChI=1S/C19H18N4O4/c1-2-12-7-9-13(10-8-12)17(25)21-20-16(24)11-23-19(27)15-6-4-3-5-14(15)18(26)22-23/h3-10H,2,11H2,1H3,(H,20,24)(H,21,25)(H,22,26). The van der Waals surface area contributed by atoms with Crippen molar-refractivity contribution in [3.63, 3.8) is 0 Å². The quantitative estimate of drug-likeness (QED) is 0.590. The molecule has 0 aliphatic rings. The second kappa shape index (κ2) is 7.69. The predicted molar refractivity (Wildman–Crippen MR) is 100 cm³/mol. The minimum absolute atomic E-state index is 0.217. The SMILES string of the molecule is CCc1ccc(C(=O)NNC(=O)Cn2[nH]c(=O)c3ccccc3c2=O)cc1. The van der Waals surface area contributed by atoms with Gasteiger partial charge in [-0.25, -0.2) is 4.68 Å². The molecule has 0 bridgehead atoms. The molecule has 0 atom stereocenters. The zero-order valence-corrected chi connectivity index (χ0v) is 14.6. The highest BCUT2D eigenvalue weighted by Gasteiger charge is 2.11. The first kappa shape index (κ1) is 18.1. The highest BCUT2D eigenvalue weighted by Crippen LogP contribution is 2.04. The summed E-state index contributed by atoms with van der Waals surface area (Å²) in [5.41, 5.74) is 5.03. The number of aromatic nitrogens is 2. The van der Waals surface area contributed by atoms with Crippen molar-refractivity contribution in [1.29, 1.82) is 0 Å². The normalized spacial score (nSPS) is 10.6. The van der Waals surface area contributed by atoms with Crippen LogP contribution in [0.1, 0.15) is 22.8 Å². The maximum absolute atomic E-state index is 12.4. The van der Waals surface area contributed by atoms with E-state index in [1.54, 1.807) is 24.3 Å². The zero-order valence-electron chi connectivity index (χ0n) is 14.6. The summed E-state index contributed by atoms with van der Waals surface area (Å²) in [6, 6.07) is 13.3.